The number of carbonyl (C=O) groups excluding carboxylic acids is 2. The Morgan fingerprint density at radius 1 is 0.543 bits per heavy atom. The number of H-pyrrole nitrogens is 4. The lowest BCUT2D eigenvalue weighted by molar-refractivity contribution is -0.141. The van der Waals surface area contributed by atoms with Crippen molar-refractivity contribution in [1.82, 2.24) is 19.9 Å². The summed E-state index contributed by atoms with van der Waals surface area (Å²) in [6.45, 7) is 13.4. The Hall–Kier alpha value is -4.06. The average Bonchev–Trinajstić information content (AvgIpc) is 3.75. The van der Waals surface area contributed by atoms with Crippen molar-refractivity contribution in [3.63, 3.8) is 0 Å². The lowest BCUT2D eigenvalue weighted by Gasteiger charge is -2.33. The van der Waals surface area contributed by atoms with Gasteiger partial charge in [0.25, 0.3) is 0 Å². The van der Waals surface area contributed by atoms with Crippen LogP contribution in [0.25, 0.3) is 24.3 Å². The zero-order valence-electron chi connectivity index (χ0n) is 28.4. The van der Waals surface area contributed by atoms with Gasteiger partial charge >= 0.3 is 0 Å². The second kappa shape index (κ2) is 11.9. The number of aromatic nitrogens is 4. The standard InChI is InChI=1S/C40H48N4O2/c1-7-11-13-25-21(5)29-17-35-37-27-15-16-28(40(46)39(27)45)38(37)36(44-35)18-30-22(6)26(14-12-8-2)34(42-30)20-32-24(10-4)23(9-3)31(43-32)19-33(25)41-29/h17-20,27-28,41-44H,7-16H2,1-6H3. The van der Waals surface area contributed by atoms with Crippen LogP contribution in [0.3, 0.4) is 0 Å². The third kappa shape index (κ3) is 4.75. The van der Waals surface area contributed by atoms with E-state index in [9.17, 15) is 9.59 Å². The Bertz CT molecular complexity index is 1980. The van der Waals surface area contributed by atoms with Crippen molar-refractivity contribution in [3.05, 3.63) is 88.7 Å². The van der Waals surface area contributed by atoms with Crippen molar-refractivity contribution in [2.75, 3.05) is 0 Å². The summed E-state index contributed by atoms with van der Waals surface area (Å²) in [4.78, 5) is 41.7. The molecule has 6 nitrogen and oxygen atoms in total. The molecule has 4 aromatic heterocycles. The van der Waals surface area contributed by atoms with Crippen molar-refractivity contribution in [3.8, 4) is 0 Å². The Morgan fingerprint density at radius 3 is 1.33 bits per heavy atom. The van der Waals surface area contributed by atoms with Crippen LogP contribution in [0.4, 0.5) is 0 Å². The van der Waals surface area contributed by atoms with Gasteiger partial charge in [-0.3, -0.25) is 9.59 Å². The van der Waals surface area contributed by atoms with E-state index in [1.165, 1.54) is 44.1 Å². The molecule has 0 aromatic carbocycles. The maximum absolute atomic E-state index is 13.3. The first-order valence-electron chi connectivity index (χ1n) is 17.7. The first-order chi connectivity index (χ1) is 22.3. The molecule has 0 saturated heterocycles. The van der Waals surface area contributed by atoms with Gasteiger partial charge in [0.1, 0.15) is 0 Å². The minimum absolute atomic E-state index is 0.216. The molecular formula is C40H48N4O2. The highest BCUT2D eigenvalue weighted by atomic mass is 16.2. The van der Waals surface area contributed by atoms with Gasteiger partial charge in [0.2, 0.25) is 11.6 Å². The first kappa shape index (κ1) is 30.6. The summed E-state index contributed by atoms with van der Waals surface area (Å²) >= 11 is 0. The van der Waals surface area contributed by atoms with Gasteiger partial charge in [0.15, 0.2) is 0 Å². The van der Waals surface area contributed by atoms with Crippen molar-refractivity contribution in [2.45, 2.75) is 118 Å². The fourth-order valence-electron chi connectivity index (χ4n) is 8.53. The van der Waals surface area contributed by atoms with E-state index in [1.807, 2.05) is 0 Å². The number of Topliss-reactive ketones (excluding diaryl/α,β-unsaturated/α-hetero) is 2. The van der Waals surface area contributed by atoms with E-state index in [1.54, 1.807) is 0 Å². The van der Waals surface area contributed by atoms with Crippen LogP contribution in [0.5, 0.6) is 0 Å². The molecule has 1 fully saturated rings. The summed E-state index contributed by atoms with van der Waals surface area (Å²) < 4.78 is 0. The molecule has 4 aromatic rings. The summed E-state index contributed by atoms with van der Waals surface area (Å²) in [6.07, 6.45) is 19.0. The van der Waals surface area contributed by atoms with E-state index in [4.69, 9.17) is 0 Å². The SMILES string of the molecule is CCCCc1c2[nH]c(c1C)C=c1[nH]c(c3c1C1CCC3C(=O)C1=O)=Cc1[nH]c(c(CCCC)c1C)C=c1[nH]c(c(CC)c1CC)=C2. The second-order valence-electron chi connectivity index (χ2n) is 13.7. The van der Waals surface area contributed by atoms with E-state index in [0.717, 1.165) is 109 Å². The minimum atomic E-state index is -0.370. The van der Waals surface area contributed by atoms with Crippen molar-refractivity contribution >= 4 is 35.9 Å². The molecule has 2 unspecified atom stereocenters. The van der Waals surface area contributed by atoms with Crippen LogP contribution >= 0.6 is 0 Å². The van der Waals surface area contributed by atoms with E-state index in [0.29, 0.717) is 0 Å². The van der Waals surface area contributed by atoms with Gasteiger partial charge < -0.3 is 19.9 Å². The monoisotopic (exact) mass is 616 g/mol. The normalized spacial score (nSPS) is 18.2. The molecule has 5 heterocycles. The number of hydrogen-bond donors (Lipinski definition) is 4. The number of carbonyl (C=O) groups is 2. The van der Waals surface area contributed by atoms with Gasteiger partial charge in [-0.2, -0.15) is 0 Å². The molecule has 6 heteroatoms. The molecule has 240 valence electrons. The van der Waals surface area contributed by atoms with E-state index < -0.39 is 0 Å². The largest absolute Gasteiger partial charge is 0.355 e. The van der Waals surface area contributed by atoms with Crippen LogP contribution in [-0.4, -0.2) is 31.5 Å². The molecule has 4 aliphatic rings. The molecule has 3 aliphatic carbocycles. The summed E-state index contributed by atoms with van der Waals surface area (Å²) in [5, 5.41) is 4.26. The van der Waals surface area contributed by atoms with Crippen molar-refractivity contribution in [1.29, 1.82) is 0 Å². The van der Waals surface area contributed by atoms with Gasteiger partial charge in [-0.05, 0) is 134 Å². The minimum Gasteiger partial charge on any atom is -0.355 e. The number of ketones is 2. The lowest BCUT2D eigenvalue weighted by atomic mass is 9.66. The first-order valence-corrected chi connectivity index (χ1v) is 17.7. The van der Waals surface area contributed by atoms with Crippen LogP contribution in [0.2, 0.25) is 0 Å². The number of nitrogens with one attached hydrogen (secondary N) is 4. The number of fused-ring (bicyclic) bond motifs is 10. The highest BCUT2D eigenvalue weighted by Gasteiger charge is 2.47. The number of rotatable bonds is 8. The van der Waals surface area contributed by atoms with E-state index in [2.05, 4.69) is 85.8 Å². The fraction of sp³-hybridized carbons (Fsp3) is 0.450. The molecule has 2 atom stereocenters. The molecular weight excluding hydrogens is 568 g/mol. The fourth-order valence-corrected chi connectivity index (χ4v) is 8.53. The van der Waals surface area contributed by atoms with Crippen LogP contribution < -0.4 is 21.4 Å². The van der Waals surface area contributed by atoms with Crippen molar-refractivity contribution in [2.24, 2.45) is 0 Å². The molecule has 1 aliphatic heterocycles. The van der Waals surface area contributed by atoms with Gasteiger partial charge in [-0.1, -0.05) is 40.5 Å². The maximum Gasteiger partial charge on any atom is 0.206 e. The predicted octanol–water partition coefficient (Wildman–Crippen LogP) is 5.17. The Kier molecular flexibility index (Phi) is 7.94. The summed E-state index contributed by atoms with van der Waals surface area (Å²) in [7, 11) is 0. The van der Waals surface area contributed by atoms with Crippen LogP contribution in [0.1, 0.15) is 145 Å². The summed E-state index contributed by atoms with van der Waals surface area (Å²) in [5.41, 5.74) is 14.4. The maximum atomic E-state index is 13.3. The quantitative estimate of drug-likeness (QED) is 0.181. The molecule has 0 spiro atoms. The number of aromatic amines is 4. The summed E-state index contributed by atoms with van der Waals surface area (Å²) in [5.74, 6) is -1.17. The predicted molar refractivity (Wildman–Crippen MR) is 186 cm³/mol. The van der Waals surface area contributed by atoms with Gasteiger partial charge in [0, 0.05) is 44.2 Å². The molecule has 4 N–H and O–H groups in total. The second-order valence-corrected chi connectivity index (χ2v) is 13.7. The molecule has 0 radical (unpaired) electrons. The molecule has 46 heavy (non-hydrogen) atoms. The van der Waals surface area contributed by atoms with Crippen LogP contribution in [0.15, 0.2) is 0 Å². The van der Waals surface area contributed by atoms with Crippen LogP contribution in [0, 0.1) is 13.8 Å². The van der Waals surface area contributed by atoms with Crippen LogP contribution in [-0.2, 0) is 35.3 Å². The van der Waals surface area contributed by atoms with E-state index >= 15 is 0 Å². The molecule has 10 bridgehead atoms. The molecule has 1 saturated carbocycles. The number of hydrogen-bond acceptors (Lipinski definition) is 2. The molecule has 0 amide bonds. The van der Waals surface area contributed by atoms with Crippen molar-refractivity contribution < 1.29 is 9.59 Å². The Labute approximate surface area is 271 Å². The summed E-state index contributed by atoms with van der Waals surface area (Å²) in [6, 6.07) is 0. The highest BCUT2D eigenvalue weighted by Crippen LogP contribution is 2.43. The van der Waals surface area contributed by atoms with Gasteiger partial charge in [-0.25, -0.2) is 0 Å². The average molecular weight is 617 g/mol. The topological polar surface area (TPSA) is 97.3 Å². The van der Waals surface area contributed by atoms with Gasteiger partial charge in [0.05, 0.1) is 11.8 Å². The molecule has 8 rings (SSSR count). The lowest BCUT2D eigenvalue weighted by Crippen LogP contribution is -2.41. The smallest absolute Gasteiger partial charge is 0.206 e. The zero-order chi connectivity index (χ0) is 32.3. The highest BCUT2D eigenvalue weighted by molar-refractivity contribution is 6.43. The zero-order valence-corrected chi connectivity index (χ0v) is 28.4. The third-order valence-electron chi connectivity index (χ3n) is 11.1. The Morgan fingerprint density at radius 2 is 0.935 bits per heavy atom. The van der Waals surface area contributed by atoms with Gasteiger partial charge in [-0.15, -0.1) is 0 Å². The van der Waals surface area contributed by atoms with E-state index in [-0.39, 0.29) is 23.4 Å². The number of unbranched alkanes of at least 4 members (excludes halogenated alkanes) is 2. The third-order valence-corrected chi connectivity index (χ3v) is 11.1. The Balaban J connectivity index is 1.61.